The summed E-state index contributed by atoms with van der Waals surface area (Å²) in [6, 6.07) is 0.752. The fraction of sp³-hybridized carbons (Fsp3) is 1.00. The zero-order valence-electron chi connectivity index (χ0n) is 10.4. The molecule has 1 N–H and O–H groups in total. The summed E-state index contributed by atoms with van der Waals surface area (Å²) in [6.07, 6.45) is 2.90. The van der Waals surface area contributed by atoms with Gasteiger partial charge < -0.3 is 5.32 Å². The molecule has 0 bridgehead atoms. The van der Waals surface area contributed by atoms with E-state index in [2.05, 4.69) is 39.9 Å². The Bertz CT molecular complexity index is 211. The summed E-state index contributed by atoms with van der Waals surface area (Å²) in [6.45, 7) is 13.2. The first kappa shape index (κ1) is 10.5. The molecule has 2 aliphatic carbocycles. The van der Waals surface area contributed by atoms with Crippen molar-refractivity contribution in [3.63, 3.8) is 0 Å². The lowest BCUT2D eigenvalue weighted by atomic mass is 10.0. The Labute approximate surface area is 88.7 Å². The van der Waals surface area contributed by atoms with Crippen LogP contribution in [0.1, 0.15) is 47.5 Å². The molecule has 1 nitrogen and oxygen atoms in total. The lowest BCUT2D eigenvalue weighted by Gasteiger charge is -2.13. The average Bonchev–Trinajstić information content (AvgIpc) is 2.90. The van der Waals surface area contributed by atoms with Crippen LogP contribution >= 0.6 is 0 Å². The lowest BCUT2D eigenvalue weighted by Crippen LogP contribution is -2.30. The molecule has 2 fully saturated rings. The van der Waals surface area contributed by atoms with E-state index in [1.165, 1.54) is 19.4 Å². The molecule has 0 radical (unpaired) electrons. The van der Waals surface area contributed by atoms with E-state index in [0.717, 1.165) is 17.9 Å². The first-order valence-corrected chi connectivity index (χ1v) is 6.11. The van der Waals surface area contributed by atoms with Crippen molar-refractivity contribution < 1.29 is 0 Å². The lowest BCUT2D eigenvalue weighted by molar-refractivity contribution is 0.448. The van der Waals surface area contributed by atoms with Crippen LogP contribution in [0.5, 0.6) is 0 Å². The Morgan fingerprint density at radius 2 is 1.64 bits per heavy atom. The van der Waals surface area contributed by atoms with Crippen LogP contribution < -0.4 is 5.32 Å². The molecule has 2 saturated carbocycles. The second kappa shape index (κ2) is 2.98. The molecule has 1 unspecified atom stereocenters. The van der Waals surface area contributed by atoms with Gasteiger partial charge in [-0.25, -0.2) is 0 Å². The topological polar surface area (TPSA) is 12.0 Å². The van der Waals surface area contributed by atoms with Crippen molar-refractivity contribution in [3.05, 3.63) is 0 Å². The molecule has 14 heavy (non-hydrogen) atoms. The Morgan fingerprint density at radius 3 is 2.00 bits per heavy atom. The molecule has 2 aliphatic rings. The standard InChI is InChI=1S/C13H25N/c1-9(10-6-7-10)14-8-11-12(2,3)13(11,4)5/h9-11,14H,6-8H2,1-5H3. The van der Waals surface area contributed by atoms with Crippen molar-refractivity contribution in [2.24, 2.45) is 22.7 Å². The predicted octanol–water partition coefficient (Wildman–Crippen LogP) is 3.06. The third-order valence-electron chi connectivity index (χ3n) is 5.29. The second-order valence-corrected chi connectivity index (χ2v) is 6.53. The summed E-state index contributed by atoms with van der Waals surface area (Å²) in [5, 5.41) is 3.72. The van der Waals surface area contributed by atoms with E-state index < -0.39 is 0 Å². The summed E-state index contributed by atoms with van der Waals surface area (Å²) in [5.41, 5.74) is 1.09. The number of hydrogen-bond acceptors (Lipinski definition) is 1. The number of hydrogen-bond donors (Lipinski definition) is 1. The maximum atomic E-state index is 3.72. The quantitative estimate of drug-likeness (QED) is 0.727. The van der Waals surface area contributed by atoms with Crippen molar-refractivity contribution in [3.8, 4) is 0 Å². The van der Waals surface area contributed by atoms with E-state index in [0.29, 0.717) is 10.8 Å². The van der Waals surface area contributed by atoms with Crippen LogP contribution in [0.25, 0.3) is 0 Å². The minimum Gasteiger partial charge on any atom is -0.314 e. The van der Waals surface area contributed by atoms with Gasteiger partial charge in [0, 0.05) is 6.04 Å². The summed E-state index contributed by atoms with van der Waals surface area (Å²) in [5.74, 6) is 1.86. The third-order valence-corrected chi connectivity index (χ3v) is 5.29. The summed E-state index contributed by atoms with van der Waals surface area (Å²) >= 11 is 0. The maximum Gasteiger partial charge on any atom is 0.00671 e. The van der Waals surface area contributed by atoms with Crippen molar-refractivity contribution >= 4 is 0 Å². The number of rotatable bonds is 4. The largest absolute Gasteiger partial charge is 0.314 e. The van der Waals surface area contributed by atoms with Gasteiger partial charge in [0.2, 0.25) is 0 Å². The Balaban J connectivity index is 1.77. The Kier molecular flexibility index (Phi) is 2.23. The molecule has 0 aromatic carbocycles. The van der Waals surface area contributed by atoms with Crippen LogP contribution in [0.3, 0.4) is 0 Å². The second-order valence-electron chi connectivity index (χ2n) is 6.53. The molecule has 1 atom stereocenters. The van der Waals surface area contributed by atoms with Crippen LogP contribution in [-0.2, 0) is 0 Å². The van der Waals surface area contributed by atoms with Crippen molar-refractivity contribution in [2.45, 2.75) is 53.5 Å². The van der Waals surface area contributed by atoms with Gasteiger partial charge in [-0.05, 0) is 49.0 Å². The minimum absolute atomic E-state index is 0.545. The van der Waals surface area contributed by atoms with Crippen LogP contribution in [0.2, 0.25) is 0 Å². The molecule has 0 saturated heterocycles. The Hall–Kier alpha value is -0.0400. The SMILES string of the molecule is CC(NCC1C(C)(C)C1(C)C)C1CC1. The van der Waals surface area contributed by atoms with E-state index in [9.17, 15) is 0 Å². The highest BCUT2D eigenvalue weighted by Crippen LogP contribution is 2.67. The summed E-state index contributed by atoms with van der Waals surface area (Å²) in [7, 11) is 0. The zero-order valence-corrected chi connectivity index (χ0v) is 10.4. The minimum atomic E-state index is 0.545. The molecule has 0 aromatic rings. The smallest absolute Gasteiger partial charge is 0.00671 e. The van der Waals surface area contributed by atoms with Gasteiger partial charge in [-0.15, -0.1) is 0 Å². The molecular formula is C13H25N. The highest BCUT2D eigenvalue weighted by atomic mass is 15.0. The molecule has 82 valence electrons. The average molecular weight is 195 g/mol. The van der Waals surface area contributed by atoms with Gasteiger partial charge in [0.1, 0.15) is 0 Å². The molecule has 0 aliphatic heterocycles. The van der Waals surface area contributed by atoms with Crippen molar-refractivity contribution in [1.82, 2.24) is 5.32 Å². The molecule has 2 rings (SSSR count). The summed E-state index contributed by atoms with van der Waals surface area (Å²) < 4.78 is 0. The van der Waals surface area contributed by atoms with Gasteiger partial charge in [0.15, 0.2) is 0 Å². The van der Waals surface area contributed by atoms with Gasteiger partial charge in [0.25, 0.3) is 0 Å². The van der Waals surface area contributed by atoms with E-state index >= 15 is 0 Å². The van der Waals surface area contributed by atoms with E-state index in [-0.39, 0.29) is 0 Å². The van der Waals surface area contributed by atoms with Gasteiger partial charge in [-0.2, -0.15) is 0 Å². The highest BCUT2D eigenvalue weighted by Gasteiger charge is 2.63. The fourth-order valence-electron chi connectivity index (χ4n) is 2.91. The van der Waals surface area contributed by atoms with E-state index in [1.807, 2.05) is 0 Å². The van der Waals surface area contributed by atoms with Gasteiger partial charge >= 0.3 is 0 Å². The first-order valence-electron chi connectivity index (χ1n) is 6.11. The monoisotopic (exact) mass is 195 g/mol. The fourth-order valence-corrected chi connectivity index (χ4v) is 2.91. The predicted molar refractivity (Wildman–Crippen MR) is 61.2 cm³/mol. The van der Waals surface area contributed by atoms with Gasteiger partial charge in [-0.1, -0.05) is 27.7 Å². The van der Waals surface area contributed by atoms with Gasteiger partial charge in [-0.3, -0.25) is 0 Å². The Morgan fingerprint density at radius 1 is 1.14 bits per heavy atom. The van der Waals surface area contributed by atoms with E-state index in [1.54, 1.807) is 0 Å². The van der Waals surface area contributed by atoms with Gasteiger partial charge in [0.05, 0.1) is 0 Å². The number of nitrogens with one attached hydrogen (secondary N) is 1. The highest BCUT2D eigenvalue weighted by molar-refractivity contribution is 5.13. The van der Waals surface area contributed by atoms with Crippen LogP contribution in [0.15, 0.2) is 0 Å². The van der Waals surface area contributed by atoms with Crippen LogP contribution in [0, 0.1) is 22.7 Å². The summed E-state index contributed by atoms with van der Waals surface area (Å²) in [4.78, 5) is 0. The maximum absolute atomic E-state index is 3.72. The first-order chi connectivity index (χ1) is 6.37. The van der Waals surface area contributed by atoms with Crippen LogP contribution in [0.4, 0.5) is 0 Å². The molecule has 0 amide bonds. The molecule has 0 aromatic heterocycles. The molecule has 1 heteroatoms. The van der Waals surface area contributed by atoms with Crippen LogP contribution in [-0.4, -0.2) is 12.6 Å². The molecule has 0 spiro atoms. The normalized spacial score (nSPS) is 31.5. The third kappa shape index (κ3) is 1.50. The molecular weight excluding hydrogens is 170 g/mol. The van der Waals surface area contributed by atoms with Crippen molar-refractivity contribution in [1.29, 1.82) is 0 Å². The van der Waals surface area contributed by atoms with Crippen molar-refractivity contribution in [2.75, 3.05) is 6.54 Å². The zero-order chi connectivity index (χ0) is 10.6. The molecule has 0 heterocycles. The van der Waals surface area contributed by atoms with E-state index in [4.69, 9.17) is 0 Å².